The Hall–Kier alpha value is -0.810. The molecule has 0 N–H and O–H groups in total. The molecule has 0 saturated heterocycles. The Morgan fingerprint density at radius 3 is 2.13 bits per heavy atom. The summed E-state index contributed by atoms with van der Waals surface area (Å²) in [7, 11) is 0. The third-order valence-corrected chi connectivity index (χ3v) is 1.96. The highest BCUT2D eigenvalue weighted by Gasteiger charge is 2.14. The van der Waals surface area contributed by atoms with E-state index < -0.39 is 13.5 Å². The Balaban J connectivity index is 2.98. The molecule has 1 aromatic rings. The number of benzene rings is 1. The minimum absolute atomic E-state index is 0.0362. The maximum atomic E-state index is 11.9. The lowest BCUT2D eigenvalue weighted by molar-refractivity contribution is -0.0497. The van der Waals surface area contributed by atoms with Crippen molar-refractivity contribution in [1.29, 1.82) is 0 Å². The van der Waals surface area contributed by atoms with E-state index >= 15 is 0 Å². The molecular formula is C8H5Cl2F3O2. The number of alkyl halides is 3. The third-order valence-electron chi connectivity index (χ3n) is 1.40. The highest BCUT2D eigenvalue weighted by atomic mass is 35.5. The summed E-state index contributed by atoms with van der Waals surface area (Å²) >= 11 is 11.1. The minimum Gasteiger partial charge on any atom is -0.463 e. The van der Waals surface area contributed by atoms with Crippen LogP contribution in [-0.4, -0.2) is 13.5 Å². The molecule has 1 rings (SSSR count). The van der Waals surface area contributed by atoms with Crippen LogP contribution in [-0.2, 0) is 0 Å². The van der Waals surface area contributed by atoms with Crippen molar-refractivity contribution >= 4 is 23.2 Å². The Morgan fingerprint density at radius 2 is 1.73 bits per heavy atom. The zero-order valence-electron chi connectivity index (χ0n) is 7.15. The SMILES string of the molecule is FCOc1cc(Cl)c(OC(F)F)c(Cl)c1. The summed E-state index contributed by atoms with van der Waals surface area (Å²) < 4.78 is 44.1. The van der Waals surface area contributed by atoms with Gasteiger partial charge in [0.1, 0.15) is 5.75 Å². The van der Waals surface area contributed by atoms with Crippen molar-refractivity contribution in [2.75, 3.05) is 6.86 Å². The van der Waals surface area contributed by atoms with Gasteiger partial charge in [-0.15, -0.1) is 0 Å². The zero-order valence-corrected chi connectivity index (χ0v) is 8.66. The minimum atomic E-state index is -3.03. The van der Waals surface area contributed by atoms with Crippen molar-refractivity contribution in [3.63, 3.8) is 0 Å². The molecule has 0 aliphatic heterocycles. The molecule has 84 valence electrons. The largest absolute Gasteiger partial charge is 0.463 e. The molecule has 7 heteroatoms. The molecule has 0 heterocycles. The number of hydrogen-bond acceptors (Lipinski definition) is 2. The molecule has 0 aliphatic carbocycles. The van der Waals surface area contributed by atoms with Crippen LogP contribution in [0.15, 0.2) is 12.1 Å². The second-order valence-electron chi connectivity index (χ2n) is 2.35. The molecule has 0 aromatic heterocycles. The van der Waals surface area contributed by atoms with Crippen molar-refractivity contribution in [2.24, 2.45) is 0 Å². The van der Waals surface area contributed by atoms with Crippen molar-refractivity contribution in [2.45, 2.75) is 6.61 Å². The average molecular weight is 261 g/mol. The van der Waals surface area contributed by atoms with Gasteiger partial charge in [-0.05, 0) is 0 Å². The fourth-order valence-electron chi connectivity index (χ4n) is 0.885. The van der Waals surface area contributed by atoms with E-state index in [1.165, 1.54) is 0 Å². The number of rotatable bonds is 4. The van der Waals surface area contributed by atoms with Gasteiger partial charge in [-0.25, -0.2) is 4.39 Å². The summed E-state index contributed by atoms with van der Waals surface area (Å²) in [5.41, 5.74) is 0. The lowest BCUT2D eigenvalue weighted by atomic mass is 10.3. The fraction of sp³-hybridized carbons (Fsp3) is 0.250. The second kappa shape index (κ2) is 5.32. The average Bonchev–Trinajstić information content (AvgIpc) is 2.11. The summed E-state index contributed by atoms with van der Waals surface area (Å²) in [5, 5.41) is -0.350. The number of hydrogen-bond donors (Lipinski definition) is 0. The van der Waals surface area contributed by atoms with Gasteiger partial charge in [0, 0.05) is 12.1 Å². The van der Waals surface area contributed by atoms with Crippen molar-refractivity contribution in [1.82, 2.24) is 0 Å². The molecule has 0 aliphatic rings. The van der Waals surface area contributed by atoms with Crippen molar-refractivity contribution in [3.05, 3.63) is 22.2 Å². The maximum Gasteiger partial charge on any atom is 0.387 e. The Bertz CT molecular complexity index is 324. The third kappa shape index (κ3) is 3.35. The Morgan fingerprint density at radius 1 is 1.20 bits per heavy atom. The molecule has 0 unspecified atom stereocenters. The fourth-order valence-corrected chi connectivity index (χ4v) is 1.44. The van der Waals surface area contributed by atoms with Crippen LogP contribution < -0.4 is 9.47 Å². The molecular weight excluding hydrogens is 256 g/mol. The zero-order chi connectivity index (χ0) is 11.4. The Kier molecular flexibility index (Phi) is 4.35. The van der Waals surface area contributed by atoms with Crippen LogP contribution in [0.3, 0.4) is 0 Å². The van der Waals surface area contributed by atoms with E-state index in [4.69, 9.17) is 23.2 Å². The van der Waals surface area contributed by atoms with Crippen LogP contribution in [0.4, 0.5) is 13.2 Å². The second-order valence-corrected chi connectivity index (χ2v) is 3.16. The van der Waals surface area contributed by atoms with E-state index in [9.17, 15) is 13.2 Å². The van der Waals surface area contributed by atoms with Crippen molar-refractivity contribution in [3.8, 4) is 11.5 Å². The highest BCUT2D eigenvalue weighted by molar-refractivity contribution is 6.37. The molecule has 0 bridgehead atoms. The standard InChI is InChI=1S/C8H5Cl2F3O2/c9-5-1-4(14-3-11)2-6(10)7(5)15-8(12)13/h1-2,8H,3H2. The van der Waals surface area contributed by atoms with E-state index in [1.54, 1.807) is 0 Å². The molecule has 1 aromatic carbocycles. The van der Waals surface area contributed by atoms with Gasteiger partial charge in [0.05, 0.1) is 10.0 Å². The maximum absolute atomic E-state index is 11.9. The van der Waals surface area contributed by atoms with E-state index in [2.05, 4.69) is 9.47 Å². The molecule has 0 radical (unpaired) electrons. The smallest absolute Gasteiger partial charge is 0.387 e. The van der Waals surface area contributed by atoms with E-state index in [-0.39, 0.29) is 21.5 Å². The first kappa shape index (κ1) is 12.3. The topological polar surface area (TPSA) is 18.5 Å². The normalized spacial score (nSPS) is 10.5. The molecule has 0 atom stereocenters. The predicted octanol–water partition coefficient (Wildman–Crippen LogP) is 3.90. The molecule has 2 nitrogen and oxygen atoms in total. The van der Waals surface area contributed by atoms with Crippen LogP contribution in [0.5, 0.6) is 11.5 Å². The van der Waals surface area contributed by atoms with Gasteiger partial charge in [-0.2, -0.15) is 8.78 Å². The van der Waals surface area contributed by atoms with E-state index in [1.807, 2.05) is 0 Å². The summed E-state index contributed by atoms with van der Waals surface area (Å²) in [6.45, 7) is -4.10. The molecule has 15 heavy (non-hydrogen) atoms. The van der Waals surface area contributed by atoms with Gasteiger partial charge in [0.25, 0.3) is 0 Å². The quantitative estimate of drug-likeness (QED) is 0.818. The Labute approximate surface area is 93.5 Å². The molecule has 0 fully saturated rings. The van der Waals surface area contributed by atoms with E-state index in [0.29, 0.717) is 0 Å². The van der Waals surface area contributed by atoms with Gasteiger partial charge < -0.3 is 9.47 Å². The van der Waals surface area contributed by atoms with Crippen LogP contribution in [0, 0.1) is 0 Å². The monoisotopic (exact) mass is 260 g/mol. The molecule has 0 spiro atoms. The van der Waals surface area contributed by atoms with Crippen LogP contribution in [0.2, 0.25) is 10.0 Å². The highest BCUT2D eigenvalue weighted by Crippen LogP contribution is 2.37. The predicted molar refractivity (Wildman–Crippen MR) is 49.7 cm³/mol. The van der Waals surface area contributed by atoms with Gasteiger partial charge in [-0.1, -0.05) is 23.2 Å². The van der Waals surface area contributed by atoms with Crippen LogP contribution in [0.25, 0.3) is 0 Å². The summed E-state index contributed by atoms with van der Waals surface area (Å²) in [6, 6.07) is 2.26. The molecule has 0 amide bonds. The number of ether oxygens (including phenoxy) is 2. The first-order valence-corrected chi connectivity index (χ1v) is 4.42. The van der Waals surface area contributed by atoms with Gasteiger partial charge >= 0.3 is 6.61 Å². The van der Waals surface area contributed by atoms with Gasteiger partial charge in [0.15, 0.2) is 5.75 Å². The number of halogens is 5. The first-order chi connectivity index (χ1) is 7.04. The lowest BCUT2D eigenvalue weighted by Crippen LogP contribution is -2.03. The summed E-state index contributed by atoms with van der Waals surface area (Å²) in [6.07, 6.45) is 0. The van der Waals surface area contributed by atoms with Gasteiger partial charge in [-0.3, -0.25) is 0 Å². The van der Waals surface area contributed by atoms with Crippen LogP contribution >= 0.6 is 23.2 Å². The summed E-state index contributed by atoms with van der Waals surface area (Å²) in [4.78, 5) is 0. The lowest BCUT2D eigenvalue weighted by Gasteiger charge is -2.10. The van der Waals surface area contributed by atoms with E-state index in [0.717, 1.165) is 12.1 Å². The first-order valence-electron chi connectivity index (χ1n) is 3.67. The van der Waals surface area contributed by atoms with Crippen molar-refractivity contribution < 1.29 is 22.6 Å². The van der Waals surface area contributed by atoms with Gasteiger partial charge in [0.2, 0.25) is 6.86 Å². The molecule has 0 saturated carbocycles. The summed E-state index contributed by atoms with van der Waals surface area (Å²) in [5.74, 6) is -0.325. The van der Waals surface area contributed by atoms with Crippen LogP contribution in [0.1, 0.15) is 0 Å².